The largest absolute Gasteiger partial charge is 0.467 e. The fourth-order valence-corrected chi connectivity index (χ4v) is 5.52. The van der Waals surface area contributed by atoms with Gasteiger partial charge in [-0.05, 0) is 37.1 Å². The van der Waals surface area contributed by atoms with Crippen molar-refractivity contribution in [1.29, 1.82) is 0 Å². The molecule has 1 fully saturated rings. The lowest BCUT2D eigenvalue weighted by atomic mass is 10.1. The van der Waals surface area contributed by atoms with E-state index >= 15 is 0 Å². The summed E-state index contributed by atoms with van der Waals surface area (Å²) in [4.78, 5) is 23.5. The normalized spacial score (nSPS) is 18.6. The molecule has 0 aliphatic carbocycles. The van der Waals surface area contributed by atoms with Crippen molar-refractivity contribution in [3.8, 4) is 5.75 Å². The number of sulfonamides is 1. The molecule has 170 valence electrons. The van der Waals surface area contributed by atoms with Gasteiger partial charge >= 0.3 is 5.97 Å². The summed E-state index contributed by atoms with van der Waals surface area (Å²) in [5.74, 6) is -0.362. The van der Waals surface area contributed by atoms with Crippen molar-refractivity contribution in [2.75, 3.05) is 13.3 Å². The van der Waals surface area contributed by atoms with Gasteiger partial charge in [0, 0.05) is 34.8 Å². The minimum atomic E-state index is -3.92. The monoisotopic (exact) mass is 482 g/mol. The molecule has 10 nitrogen and oxygen atoms in total. The summed E-state index contributed by atoms with van der Waals surface area (Å²) in [6.45, 7) is -0.0131. The number of carbonyl (C=O) groups is 1. The zero-order valence-electron chi connectivity index (χ0n) is 16.7. The van der Waals surface area contributed by atoms with Crippen LogP contribution < -0.4 is 4.74 Å². The van der Waals surface area contributed by atoms with Gasteiger partial charge in [0.25, 0.3) is 5.69 Å². The van der Waals surface area contributed by atoms with E-state index in [2.05, 4.69) is 0 Å². The summed E-state index contributed by atoms with van der Waals surface area (Å²) >= 11 is 5.84. The molecule has 0 spiro atoms. The lowest BCUT2D eigenvalue weighted by Crippen LogP contribution is -2.41. The van der Waals surface area contributed by atoms with Crippen molar-refractivity contribution in [2.45, 2.75) is 37.0 Å². The molecular weight excluding hydrogens is 464 g/mol. The second kappa shape index (κ2) is 9.02. The summed E-state index contributed by atoms with van der Waals surface area (Å²) in [6, 6.07) is 7.32. The lowest BCUT2D eigenvalue weighted by molar-refractivity contribution is -0.385. The van der Waals surface area contributed by atoms with E-state index in [9.17, 15) is 23.3 Å². The number of hydrogen-bond donors (Lipinski definition) is 0. The van der Waals surface area contributed by atoms with Crippen LogP contribution in [0.5, 0.6) is 5.75 Å². The molecule has 0 bridgehead atoms. The number of carbonyl (C=O) groups excluding carboxylic acids is 1. The average Bonchev–Trinajstić information content (AvgIpc) is 3.28. The molecule has 32 heavy (non-hydrogen) atoms. The lowest BCUT2D eigenvalue weighted by Gasteiger charge is -2.24. The van der Waals surface area contributed by atoms with Crippen LogP contribution in [0, 0.1) is 10.1 Å². The summed E-state index contributed by atoms with van der Waals surface area (Å²) < 4.78 is 43.1. The number of nitrogens with zero attached hydrogens (tertiary/aromatic N) is 2. The number of hydrogen-bond acceptors (Lipinski definition) is 8. The van der Waals surface area contributed by atoms with Gasteiger partial charge in [-0.1, -0.05) is 11.6 Å². The van der Waals surface area contributed by atoms with Crippen LogP contribution in [0.1, 0.15) is 24.0 Å². The Labute approximate surface area is 188 Å². The zero-order valence-corrected chi connectivity index (χ0v) is 18.3. The molecule has 1 unspecified atom stereocenters. The molecule has 4 rings (SSSR count). The molecular formula is C20H19ClN2O8S. The highest BCUT2D eigenvalue weighted by molar-refractivity contribution is 7.89. The van der Waals surface area contributed by atoms with Crippen molar-refractivity contribution >= 4 is 33.3 Å². The number of halogens is 1. The van der Waals surface area contributed by atoms with Gasteiger partial charge in [0.05, 0.1) is 16.4 Å². The highest BCUT2D eigenvalue weighted by atomic mass is 35.5. The van der Waals surface area contributed by atoms with Crippen LogP contribution in [0.15, 0.2) is 41.3 Å². The highest BCUT2D eigenvalue weighted by Gasteiger charge is 2.40. The molecule has 1 saturated heterocycles. The number of nitro groups is 1. The maximum absolute atomic E-state index is 13.0. The minimum absolute atomic E-state index is 0.0263. The van der Waals surface area contributed by atoms with Crippen molar-refractivity contribution < 1.29 is 32.3 Å². The van der Waals surface area contributed by atoms with Crippen LogP contribution in [0.2, 0.25) is 5.02 Å². The Morgan fingerprint density at radius 1 is 1.28 bits per heavy atom. The van der Waals surface area contributed by atoms with Crippen molar-refractivity contribution in [1.82, 2.24) is 4.31 Å². The van der Waals surface area contributed by atoms with E-state index in [0.717, 1.165) is 4.31 Å². The van der Waals surface area contributed by atoms with Crippen molar-refractivity contribution in [2.24, 2.45) is 0 Å². The number of ether oxygens (including phenoxy) is 3. The first kappa shape index (κ1) is 22.5. The fraction of sp³-hybridized carbons (Fsp3) is 0.350. The SMILES string of the molecule is O=C(OCc1cc([N+](=O)[O-])cc2c1OCOC2)C1CCCN1S(=O)(=O)c1ccc(Cl)cc1. The predicted molar refractivity (Wildman–Crippen MR) is 112 cm³/mol. The molecule has 2 aliphatic rings. The van der Waals surface area contributed by atoms with Gasteiger partial charge in [-0.3, -0.25) is 14.9 Å². The van der Waals surface area contributed by atoms with Crippen LogP contribution in [-0.2, 0) is 37.5 Å². The van der Waals surface area contributed by atoms with Gasteiger partial charge in [0.2, 0.25) is 10.0 Å². The molecule has 1 atom stereocenters. The third-order valence-electron chi connectivity index (χ3n) is 5.25. The Hall–Kier alpha value is -2.73. The first-order valence-electron chi connectivity index (χ1n) is 9.72. The predicted octanol–water partition coefficient (Wildman–Crippen LogP) is 3.01. The molecule has 2 aliphatic heterocycles. The Kier molecular flexibility index (Phi) is 6.33. The van der Waals surface area contributed by atoms with Gasteiger partial charge in [0.15, 0.2) is 6.79 Å². The number of non-ortho nitro benzene ring substituents is 1. The number of fused-ring (bicyclic) bond motifs is 1. The quantitative estimate of drug-likeness (QED) is 0.349. The number of esters is 1. The minimum Gasteiger partial charge on any atom is -0.467 e. The number of benzene rings is 2. The van der Waals surface area contributed by atoms with E-state index in [1.54, 1.807) is 0 Å². The second-order valence-electron chi connectivity index (χ2n) is 7.30. The Balaban J connectivity index is 1.52. The van der Waals surface area contributed by atoms with Crippen LogP contribution >= 0.6 is 11.6 Å². The molecule has 2 heterocycles. The van der Waals surface area contributed by atoms with Crippen molar-refractivity contribution in [3.63, 3.8) is 0 Å². The number of nitro benzene ring substituents is 1. The summed E-state index contributed by atoms with van der Waals surface area (Å²) in [7, 11) is -3.92. The van der Waals surface area contributed by atoms with E-state index in [0.29, 0.717) is 34.7 Å². The van der Waals surface area contributed by atoms with E-state index in [1.807, 2.05) is 0 Å². The first-order valence-corrected chi connectivity index (χ1v) is 11.5. The molecule has 0 radical (unpaired) electrons. The van der Waals surface area contributed by atoms with Crippen molar-refractivity contribution in [3.05, 3.63) is 62.7 Å². The molecule has 0 amide bonds. The topological polar surface area (TPSA) is 125 Å². The molecule has 0 saturated carbocycles. The standard InChI is InChI=1S/C20H19ClN2O8S/c21-15-3-5-17(6-4-15)32(27,28)22-7-1-2-18(22)20(24)30-11-14-9-16(23(25)26)8-13-10-29-12-31-19(13)14/h3-6,8-9,18H,1-2,7,10-12H2. The maximum atomic E-state index is 13.0. The van der Waals surface area contributed by atoms with Crippen LogP contribution in [-0.4, -0.2) is 43.0 Å². The zero-order chi connectivity index (χ0) is 22.9. The third kappa shape index (κ3) is 4.42. The third-order valence-corrected chi connectivity index (χ3v) is 7.42. The summed E-state index contributed by atoms with van der Waals surface area (Å²) in [5, 5.41) is 11.6. The van der Waals surface area contributed by atoms with Gasteiger partial charge < -0.3 is 14.2 Å². The second-order valence-corrected chi connectivity index (χ2v) is 9.62. The van der Waals surface area contributed by atoms with Crippen LogP contribution in [0.25, 0.3) is 0 Å². The molecule has 0 N–H and O–H groups in total. The first-order chi connectivity index (χ1) is 15.3. The summed E-state index contributed by atoms with van der Waals surface area (Å²) in [6.07, 6.45) is 0.808. The smallest absolute Gasteiger partial charge is 0.324 e. The molecule has 2 aromatic carbocycles. The Morgan fingerprint density at radius 2 is 2.03 bits per heavy atom. The van der Waals surface area contributed by atoms with Gasteiger partial charge in [-0.25, -0.2) is 8.42 Å². The van der Waals surface area contributed by atoms with E-state index < -0.39 is 27.0 Å². The van der Waals surface area contributed by atoms with E-state index in [4.69, 9.17) is 25.8 Å². The molecule has 12 heteroatoms. The highest BCUT2D eigenvalue weighted by Crippen LogP contribution is 2.34. The van der Waals surface area contributed by atoms with Gasteiger partial charge in [-0.2, -0.15) is 4.31 Å². The van der Waals surface area contributed by atoms with E-state index in [1.165, 1.54) is 36.4 Å². The fourth-order valence-electron chi connectivity index (χ4n) is 3.74. The maximum Gasteiger partial charge on any atom is 0.324 e. The van der Waals surface area contributed by atoms with E-state index in [-0.39, 0.29) is 37.1 Å². The Morgan fingerprint density at radius 3 is 2.75 bits per heavy atom. The van der Waals surface area contributed by atoms with Gasteiger partial charge in [0.1, 0.15) is 18.4 Å². The van der Waals surface area contributed by atoms with Crippen LogP contribution in [0.3, 0.4) is 0 Å². The Bertz CT molecular complexity index is 1150. The summed E-state index contributed by atoms with van der Waals surface area (Å²) in [5.41, 5.74) is 0.608. The van der Waals surface area contributed by atoms with Crippen LogP contribution in [0.4, 0.5) is 5.69 Å². The molecule has 2 aromatic rings. The molecule has 0 aromatic heterocycles. The number of rotatable bonds is 6. The average molecular weight is 483 g/mol. The van der Waals surface area contributed by atoms with Gasteiger partial charge in [-0.15, -0.1) is 0 Å².